The van der Waals surface area contributed by atoms with Crippen LogP contribution in [0, 0.1) is 0 Å². The first kappa shape index (κ1) is 6.01. The highest BCUT2D eigenvalue weighted by Crippen LogP contribution is 1.96. The zero-order chi connectivity index (χ0) is 6.53. The molecule has 0 aliphatic heterocycles. The molecule has 9 heavy (non-hydrogen) atoms. The molecule has 47 valence electrons. The Balaban J connectivity index is 2.38. The van der Waals surface area contributed by atoms with E-state index in [4.69, 9.17) is 4.42 Å². The molecular formula is C6H6NO2. The number of carbonyl (C=O) groups excluding carboxylic acids is 1. The largest absolute Gasteiger partial charge is 0.449 e. The van der Waals surface area contributed by atoms with E-state index in [0.717, 1.165) is 0 Å². The van der Waals surface area contributed by atoms with Crippen molar-refractivity contribution in [1.29, 1.82) is 0 Å². The van der Waals surface area contributed by atoms with Crippen LogP contribution in [0.1, 0.15) is 12.3 Å². The van der Waals surface area contributed by atoms with Gasteiger partial charge in [-0.2, -0.15) is 0 Å². The minimum atomic E-state index is 0.362. The Bertz CT molecular complexity index is 169. The van der Waals surface area contributed by atoms with E-state index >= 15 is 0 Å². The summed E-state index contributed by atoms with van der Waals surface area (Å²) < 4.78 is 4.85. The molecule has 0 saturated carbocycles. The van der Waals surface area contributed by atoms with Crippen molar-refractivity contribution in [3.63, 3.8) is 0 Å². The summed E-state index contributed by atoms with van der Waals surface area (Å²) in [6.45, 7) is 0. The Hall–Kier alpha value is -1.12. The predicted octanol–water partition coefficient (Wildman–Crippen LogP) is 0.717. The zero-order valence-electron chi connectivity index (χ0n) is 4.83. The summed E-state index contributed by atoms with van der Waals surface area (Å²) in [7, 11) is 0. The predicted molar refractivity (Wildman–Crippen MR) is 30.5 cm³/mol. The molecule has 0 fully saturated rings. The number of aromatic nitrogens is 1. The second-order valence-corrected chi connectivity index (χ2v) is 1.57. The van der Waals surface area contributed by atoms with E-state index in [9.17, 15) is 4.79 Å². The zero-order valence-corrected chi connectivity index (χ0v) is 4.83. The van der Waals surface area contributed by atoms with Gasteiger partial charge < -0.3 is 4.42 Å². The van der Waals surface area contributed by atoms with E-state index < -0.39 is 0 Å². The highest BCUT2D eigenvalue weighted by atomic mass is 16.3. The molecule has 1 rings (SSSR count). The maximum Gasteiger partial charge on any atom is 0.198 e. The van der Waals surface area contributed by atoms with Crippen molar-refractivity contribution in [3.05, 3.63) is 18.4 Å². The van der Waals surface area contributed by atoms with Crippen molar-refractivity contribution >= 4 is 6.29 Å². The number of hydrogen-bond donors (Lipinski definition) is 0. The minimum Gasteiger partial charge on any atom is -0.449 e. The normalized spacial score (nSPS) is 9.33. The first-order chi connectivity index (χ1) is 4.43. The van der Waals surface area contributed by atoms with Crippen LogP contribution in [0.3, 0.4) is 0 Å². The molecule has 1 radical (unpaired) electrons. The summed E-state index contributed by atoms with van der Waals surface area (Å²) in [4.78, 5) is 13.5. The lowest BCUT2D eigenvalue weighted by molar-refractivity contribution is 0.491. The van der Waals surface area contributed by atoms with Gasteiger partial charge in [-0.25, -0.2) is 4.98 Å². The number of rotatable bonds is 3. The fourth-order valence-corrected chi connectivity index (χ4v) is 0.534. The minimum absolute atomic E-state index is 0.362. The van der Waals surface area contributed by atoms with E-state index in [-0.39, 0.29) is 0 Å². The lowest BCUT2D eigenvalue weighted by atomic mass is 10.3. The molecule has 0 spiro atoms. The van der Waals surface area contributed by atoms with Crippen LogP contribution < -0.4 is 0 Å². The van der Waals surface area contributed by atoms with Gasteiger partial charge in [0.1, 0.15) is 6.26 Å². The van der Waals surface area contributed by atoms with Crippen LogP contribution in [0.15, 0.2) is 16.9 Å². The van der Waals surface area contributed by atoms with Crippen LogP contribution in [0.5, 0.6) is 0 Å². The van der Waals surface area contributed by atoms with E-state index in [1.54, 1.807) is 12.5 Å². The summed E-state index contributed by atoms with van der Waals surface area (Å²) in [5, 5.41) is 0. The highest BCUT2D eigenvalue weighted by Gasteiger charge is 1.94. The Morgan fingerprint density at radius 1 is 1.78 bits per heavy atom. The maximum atomic E-state index is 9.71. The van der Waals surface area contributed by atoms with E-state index in [0.29, 0.717) is 18.7 Å². The van der Waals surface area contributed by atoms with Gasteiger partial charge in [0.25, 0.3) is 0 Å². The van der Waals surface area contributed by atoms with Crippen LogP contribution in [0.4, 0.5) is 0 Å². The SMILES string of the molecule is O=[C]CCc1ncco1. The molecule has 3 nitrogen and oxygen atoms in total. The van der Waals surface area contributed by atoms with Crippen molar-refractivity contribution in [1.82, 2.24) is 4.98 Å². The summed E-state index contributed by atoms with van der Waals surface area (Å²) in [6, 6.07) is 0. The molecule has 0 aliphatic carbocycles. The molecule has 3 heteroatoms. The molecular weight excluding hydrogens is 118 g/mol. The molecule has 1 aromatic rings. The lowest BCUT2D eigenvalue weighted by Crippen LogP contribution is -1.83. The van der Waals surface area contributed by atoms with E-state index in [1.807, 2.05) is 0 Å². The van der Waals surface area contributed by atoms with Gasteiger partial charge in [0.15, 0.2) is 12.2 Å². The second kappa shape index (κ2) is 3.02. The number of oxazole rings is 1. The molecule has 0 bridgehead atoms. The van der Waals surface area contributed by atoms with Crippen molar-refractivity contribution in [3.8, 4) is 0 Å². The molecule has 0 saturated heterocycles. The van der Waals surface area contributed by atoms with Crippen molar-refractivity contribution in [2.45, 2.75) is 12.8 Å². The third kappa shape index (κ3) is 1.68. The first-order valence-electron chi connectivity index (χ1n) is 2.67. The Morgan fingerprint density at radius 2 is 2.67 bits per heavy atom. The third-order valence-electron chi connectivity index (χ3n) is 0.924. The van der Waals surface area contributed by atoms with Gasteiger partial charge in [-0.1, -0.05) is 0 Å². The van der Waals surface area contributed by atoms with Gasteiger partial charge in [0.05, 0.1) is 6.20 Å². The van der Waals surface area contributed by atoms with Gasteiger partial charge in [0.2, 0.25) is 0 Å². The van der Waals surface area contributed by atoms with Gasteiger partial charge in [-0.05, 0) is 0 Å². The van der Waals surface area contributed by atoms with Crippen LogP contribution in [-0.2, 0) is 11.2 Å². The summed E-state index contributed by atoms with van der Waals surface area (Å²) in [5.74, 6) is 0.596. The van der Waals surface area contributed by atoms with Gasteiger partial charge in [-0.15, -0.1) is 0 Å². The van der Waals surface area contributed by atoms with Gasteiger partial charge in [-0.3, -0.25) is 4.79 Å². The molecule has 0 aromatic carbocycles. The molecule has 0 amide bonds. The van der Waals surface area contributed by atoms with Crippen LogP contribution >= 0.6 is 0 Å². The highest BCUT2D eigenvalue weighted by molar-refractivity contribution is 5.50. The second-order valence-electron chi connectivity index (χ2n) is 1.57. The topological polar surface area (TPSA) is 43.1 Å². The van der Waals surface area contributed by atoms with Gasteiger partial charge >= 0.3 is 0 Å². The molecule has 0 aliphatic rings. The fraction of sp³-hybridized carbons (Fsp3) is 0.333. The average Bonchev–Trinajstić information content (AvgIpc) is 2.34. The Kier molecular flexibility index (Phi) is 2.01. The van der Waals surface area contributed by atoms with E-state index in [2.05, 4.69) is 4.98 Å². The van der Waals surface area contributed by atoms with Crippen molar-refractivity contribution in [2.75, 3.05) is 0 Å². The summed E-state index contributed by atoms with van der Waals surface area (Å²) in [6.07, 6.45) is 5.71. The van der Waals surface area contributed by atoms with Crippen LogP contribution in [0.2, 0.25) is 0 Å². The number of hydrogen-bond acceptors (Lipinski definition) is 3. The first-order valence-corrected chi connectivity index (χ1v) is 2.67. The van der Waals surface area contributed by atoms with Gasteiger partial charge in [0, 0.05) is 12.8 Å². The lowest BCUT2D eigenvalue weighted by Gasteiger charge is -1.83. The Morgan fingerprint density at radius 3 is 3.22 bits per heavy atom. The maximum absolute atomic E-state index is 9.71. The standard InChI is InChI=1S/C6H6NO2/c8-4-1-2-6-7-3-5-9-6/h3,5H,1-2H2. The fourth-order valence-electron chi connectivity index (χ4n) is 0.534. The Labute approximate surface area is 52.7 Å². The third-order valence-corrected chi connectivity index (χ3v) is 0.924. The summed E-state index contributed by atoms with van der Waals surface area (Å²) in [5.41, 5.74) is 0. The molecule has 1 aromatic heterocycles. The molecule has 0 atom stereocenters. The number of nitrogens with zero attached hydrogens (tertiary/aromatic N) is 1. The quantitative estimate of drug-likeness (QED) is 0.596. The molecule has 1 heterocycles. The molecule has 0 N–H and O–H groups in total. The van der Waals surface area contributed by atoms with Crippen LogP contribution in [-0.4, -0.2) is 11.3 Å². The van der Waals surface area contributed by atoms with Crippen LogP contribution in [0.25, 0.3) is 0 Å². The van der Waals surface area contributed by atoms with E-state index in [1.165, 1.54) is 6.26 Å². The summed E-state index contributed by atoms with van der Waals surface area (Å²) >= 11 is 0. The smallest absolute Gasteiger partial charge is 0.198 e. The van der Waals surface area contributed by atoms with Crippen molar-refractivity contribution < 1.29 is 9.21 Å². The number of aryl methyl sites for hydroxylation is 1. The molecule has 0 unspecified atom stereocenters. The monoisotopic (exact) mass is 124 g/mol. The average molecular weight is 124 g/mol. The van der Waals surface area contributed by atoms with Crippen molar-refractivity contribution in [2.24, 2.45) is 0 Å².